The van der Waals surface area contributed by atoms with Crippen LogP contribution in [0.4, 0.5) is 0 Å². The standard InChI is InChI=1S/C13H16Cl2N2O4S/c1-9(13(18)19)16-5-7-17(8-6-16)22(20,21)11-4-2-3-10(14)12(11)15/h2-4,9H,5-8H2,1H3,(H,18,19)/t9-/m1/s1. The second kappa shape index (κ2) is 6.72. The van der Waals surface area contributed by atoms with E-state index in [-0.39, 0.29) is 28.0 Å². The van der Waals surface area contributed by atoms with Gasteiger partial charge in [-0.1, -0.05) is 29.3 Å². The fraction of sp³-hybridized carbons (Fsp3) is 0.462. The summed E-state index contributed by atoms with van der Waals surface area (Å²) in [5.74, 6) is -0.922. The number of piperazine rings is 1. The number of carbonyl (C=O) groups is 1. The molecular weight excluding hydrogens is 351 g/mol. The number of aliphatic carboxylic acids is 1. The van der Waals surface area contributed by atoms with Crippen LogP contribution in [0.2, 0.25) is 10.0 Å². The van der Waals surface area contributed by atoms with Crippen molar-refractivity contribution in [3.63, 3.8) is 0 Å². The van der Waals surface area contributed by atoms with E-state index in [1.54, 1.807) is 11.8 Å². The first kappa shape index (κ1) is 17.5. The molecule has 0 bridgehead atoms. The summed E-state index contributed by atoms with van der Waals surface area (Å²) in [6, 6.07) is 3.83. The Kier molecular flexibility index (Phi) is 5.34. The second-order valence-corrected chi connectivity index (χ2v) is 7.70. The van der Waals surface area contributed by atoms with Gasteiger partial charge in [-0.3, -0.25) is 9.69 Å². The van der Waals surface area contributed by atoms with E-state index in [1.165, 1.54) is 22.5 Å². The highest BCUT2D eigenvalue weighted by molar-refractivity contribution is 7.89. The van der Waals surface area contributed by atoms with Gasteiger partial charge in [-0.05, 0) is 19.1 Å². The van der Waals surface area contributed by atoms with E-state index in [2.05, 4.69) is 0 Å². The van der Waals surface area contributed by atoms with Gasteiger partial charge in [0.25, 0.3) is 0 Å². The van der Waals surface area contributed by atoms with Crippen LogP contribution in [0.25, 0.3) is 0 Å². The molecule has 0 radical (unpaired) electrons. The van der Waals surface area contributed by atoms with Gasteiger partial charge < -0.3 is 5.11 Å². The lowest BCUT2D eigenvalue weighted by molar-refractivity contribution is -0.143. The molecule has 2 rings (SSSR count). The molecule has 22 heavy (non-hydrogen) atoms. The Hall–Kier alpha value is -0.860. The van der Waals surface area contributed by atoms with Crippen LogP contribution < -0.4 is 0 Å². The van der Waals surface area contributed by atoms with Crippen LogP contribution in [0.1, 0.15) is 6.92 Å². The van der Waals surface area contributed by atoms with Gasteiger partial charge in [-0.2, -0.15) is 4.31 Å². The third kappa shape index (κ3) is 3.38. The zero-order valence-electron chi connectivity index (χ0n) is 11.9. The Morgan fingerprint density at radius 2 is 1.82 bits per heavy atom. The maximum atomic E-state index is 12.6. The highest BCUT2D eigenvalue weighted by Crippen LogP contribution is 2.31. The third-order valence-corrected chi connectivity index (χ3v) is 6.58. The molecule has 1 saturated heterocycles. The van der Waals surface area contributed by atoms with E-state index in [4.69, 9.17) is 28.3 Å². The normalized spacial score (nSPS) is 19.0. The monoisotopic (exact) mass is 366 g/mol. The molecule has 122 valence electrons. The van der Waals surface area contributed by atoms with Crippen molar-refractivity contribution in [3.8, 4) is 0 Å². The number of hydrogen-bond acceptors (Lipinski definition) is 4. The van der Waals surface area contributed by atoms with Crippen LogP contribution in [0, 0.1) is 0 Å². The van der Waals surface area contributed by atoms with Crippen molar-refractivity contribution in [2.24, 2.45) is 0 Å². The Morgan fingerprint density at radius 3 is 2.36 bits per heavy atom. The van der Waals surface area contributed by atoms with E-state index in [0.717, 1.165) is 0 Å². The number of benzene rings is 1. The third-order valence-electron chi connectivity index (χ3n) is 3.71. The molecule has 1 fully saturated rings. The average Bonchev–Trinajstić information content (AvgIpc) is 2.49. The first-order valence-electron chi connectivity index (χ1n) is 6.66. The summed E-state index contributed by atoms with van der Waals surface area (Å²) < 4.78 is 26.5. The van der Waals surface area contributed by atoms with Gasteiger partial charge in [-0.25, -0.2) is 8.42 Å². The SMILES string of the molecule is C[C@H](C(=O)O)N1CCN(S(=O)(=O)c2cccc(Cl)c2Cl)CC1. The maximum Gasteiger partial charge on any atom is 0.320 e. The summed E-state index contributed by atoms with van der Waals surface area (Å²) in [5.41, 5.74) is 0. The Morgan fingerprint density at radius 1 is 1.23 bits per heavy atom. The quantitative estimate of drug-likeness (QED) is 0.878. The summed E-state index contributed by atoms with van der Waals surface area (Å²) in [5, 5.41) is 9.19. The van der Waals surface area contributed by atoms with Crippen molar-refractivity contribution in [3.05, 3.63) is 28.2 Å². The molecule has 1 aliphatic heterocycles. The molecule has 1 aromatic carbocycles. The van der Waals surface area contributed by atoms with Crippen LogP contribution in [0.5, 0.6) is 0 Å². The summed E-state index contributed by atoms with van der Waals surface area (Å²) in [6.45, 7) is 2.71. The van der Waals surface area contributed by atoms with Gasteiger partial charge in [0.05, 0.1) is 10.0 Å². The smallest absolute Gasteiger partial charge is 0.320 e. The zero-order chi connectivity index (χ0) is 16.5. The largest absolute Gasteiger partial charge is 0.480 e. The molecule has 0 amide bonds. The van der Waals surface area contributed by atoms with E-state index < -0.39 is 22.0 Å². The number of halogens is 2. The van der Waals surface area contributed by atoms with E-state index in [0.29, 0.717) is 13.1 Å². The predicted octanol–water partition coefficient (Wildman–Crippen LogP) is 1.77. The lowest BCUT2D eigenvalue weighted by Gasteiger charge is -2.35. The minimum atomic E-state index is -3.74. The summed E-state index contributed by atoms with van der Waals surface area (Å²) in [7, 11) is -3.74. The molecule has 1 N–H and O–H groups in total. The molecule has 0 unspecified atom stereocenters. The van der Waals surface area contributed by atoms with Crippen molar-refractivity contribution in [2.45, 2.75) is 17.9 Å². The van der Waals surface area contributed by atoms with E-state index in [9.17, 15) is 13.2 Å². The highest BCUT2D eigenvalue weighted by atomic mass is 35.5. The summed E-state index contributed by atoms with van der Waals surface area (Å²) >= 11 is 11.9. The van der Waals surface area contributed by atoms with Gasteiger partial charge in [-0.15, -0.1) is 0 Å². The maximum absolute atomic E-state index is 12.6. The van der Waals surface area contributed by atoms with Gasteiger partial charge in [0.2, 0.25) is 10.0 Å². The highest BCUT2D eigenvalue weighted by Gasteiger charge is 2.33. The van der Waals surface area contributed by atoms with E-state index >= 15 is 0 Å². The van der Waals surface area contributed by atoms with Crippen LogP contribution in [0.15, 0.2) is 23.1 Å². The van der Waals surface area contributed by atoms with E-state index in [1.807, 2.05) is 0 Å². The average molecular weight is 367 g/mol. The Balaban J connectivity index is 2.16. The minimum Gasteiger partial charge on any atom is -0.480 e. The number of hydrogen-bond donors (Lipinski definition) is 1. The van der Waals surface area contributed by atoms with Crippen molar-refractivity contribution in [1.29, 1.82) is 0 Å². The molecule has 1 atom stereocenters. The number of nitrogens with zero attached hydrogens (tertiary/aromatic N) is 2. The molecule has 0 saturated carbocycles. The molecule has 0 spiro atoms. The molecule has 0 aliphatic carbocycles. The van der Waals surface area contributed by atoms with Gasteiger partial charge in [0, 0.05) is 26.2 Å². The molecule has 0 aromatic heterocycles. The number of carboxylic acids is 1. The molecule has 6 nitrogen and oxygen atoms in total. The van der Waals surface area contributed by atoms with Crippen molar-refractivity contribution in [2.75, 3.05) is 26.2 Å². The Labute approximate surface area is 139 Å². The number of rotatable bonds is 4. The zero-order valence-corrected chi connectivity index (χ0v) is 14.2. The van der Waals surface area contributed by atoms with Crippen LogP contribution in [0.3, 0.4) is 0 Å². The minimum absolute atomic E-state index is 0.00509. The van der Waals surface area contributed by atoms with Gasteiger partial charge in [0.1, 0.15) is 10.9 Å². The number of sulfonamides is 1. The van der Waals surface area contributed by atoms with Crippen molar-refractivity contribution < 1.29 is 18.3 Å². The molecular formula is C13H16Cl2N2O4S. The van der Waals surface area contributed by atoms with Crippen molar-refractivity contribution in [1.82, 2.24) is 9.21 Å². The van der Waals surface area contributed by atoms with Gasteiger partial charge in [0.15, 0.2) is 0 Å². The molecule has 1 aliphatic rings. The first-order chi connectivity index (χ1) is 10.2. The molecule has 1 heterocycles. The van der Waals surface area contributed by atoms with Gasteiger partial charge >= 0.3 is 5.97 Å². The van der Waals surface area contributed by atoms with Crippen LogP contribution in [-0.2, 0) is 14.8 Å². The summed E-state index contributed by atoms with van der Waals surface area (Å²) in [6.07, 6.45) is 0. The fourth-order valence-electron chi connectivity index (χ4n) is 2.31. The van der Waals surface area contributed by atoms with Crippen LogP contribution >= 0.6 is 23.2 Å². The lowest BCUT2D eigenvalue weighted by atomic mass is 10.2. The second-order valence-electron chi connectivity index (χ2n) is 5.01. The van der Waals surface area contributed by atoms with Crippen molar-refractivity contribution >= 4 is 39.2 Å². The summed E-state index contributed by atoms with van der Waals surface area (Å²) in [4.78, 5) is 12.7. The molecule has 1 aromatic rings. The predicted molar refractivity (Wildman–Crippen MR) is 83.9 cm³/mol. The Bertz CT molecular complexity index is 673. The molecule has 9 heteroatoms. The first-order valence-corrected chi connectivity index (χ1v) is 8.85. The topological polar surface area (TPSA) is 77.9 Å². The fourth-order valence-corrected chi connectivity index (χ4v) is 4.47. The van der Waals surface area contributed by atoms with Crippen LogP contribution in [-0.4, -0.2) is 60.9 Å². The number of carboxylic acid groups (broad SMARTS) is 1. The lowest BCUT2D eigenvalue weighted by Crippen LogP contribution is -2.53.